The topological polar surface area (TPSA) is 80.6 Å². The number of rotatable bonds is 7. The molecule has 150 valence electrons. The number of nitrogens with one attached hydrogen (secondary N) is 2. The normalized spacial score (nSPS) is 10.4. The van der Waals surface area contributed by atoms with Gasteiger partial charge < -0.3 is 19.8 Å². The Hall–Kier alpha value is -3.06. The van der Waals surface area contributed by atoms with Gasteiger partial charge in [0, 0.05) is 4.47 Å². The molecule has 1 heterocycles. The van der Waals surface area contributed by atoms with Gasteiger partial charge >= 0.3 is 0 Å². The molecule has 3 rings (SSSR count). The van der Waals surface area contributed by atoms with E-state index >= 15 is 0 Å². The molecule has 0 unspecified atom stereocenters. The van der Waals surface area contributed by atoms with Crippen molar-refractivity contribution in [1.29, 1.82) is 0 Å². The number of para-hydroxylation sites is 1. The van der Waals surface area contributed by atoms with Gasteiger partial charge in [0.05, 0.1) is 24.1 Å². The van der Waals surface area contributed by atoms with Crippen LogP contribution < -0.4 is 15.4 Å². The van der Waals surface area contributed by atoms with Gasteiger partial charge in [-0.15, -0.1) is 0 Å². The van der Waals surface area contributed by atoms with Crippen LogP contribution in [0.25, 0.3) is 0 Å². The monoisotopic (exact) mass is 456 g/mol. The first-order valence-corrected chi connectivity index (χ1v) is 9.82. The summed E-state index contributed by atoms with van der Waals surface area (Å²) in [5.74, 6) is 0.664. The highest BCUT2D eigenvalue weighted by Crippen LogP contribution is 2.27. The minimum atomic E-state index is -0.349. The summed E-state index contributed by atoms with van der Waals surface area (Å²) in [5.41, 5.74) is 2.65. The van der Waals surface area contributed by atoms with Crippen molar-refractivity contribution in [3.8, 4) is 5.75 Å². The SMILES string of the molecule is Cc1cc(Br)cc(C)c1OCC(=O)Nc1ccccc1C(=O)NCc1ccco1. The highest BCUT2D eigenvalue weighted by atomic mass is 79.9. The number of halogens is 1. The number of aryl methyl sites for hydroxylation is 2. The molecule has 0 aliphatic carbocycles. The number of hydrogen-bond acceptors (Lipinski definition) is 4. The van der Waals surface area contributed by atoms with Gasteiger partial charge in [-0.1, -0.05) is 28.1 Å². The zero-order valence-corrected chi connectivity index (χ0v) is 17.7. The van der Waals surface area contributed by atoms with Crippen LogP contribution in [-0.4, -0.2) is 18.4 Å². The van der Waals surface area contributed by atoms with E-state index in [9.17, 15) is 9.59 Å². The Kier molecular flexibility index (Phi) is 6.72. The maximum absolute atomic E-state index is 12.5. The van der Waals surface area contributed by atoms with Gasteiger partial charge in [-0.3, -0.25) is 9.59 Å². The third kappa shape index (κ3) is 5.48. The van der Waals surface area contributed by atoms with Gasteiger partial charge in [0.25, 0.3) is 11.8 Å². The van der Waals surface area contributed by atoms with E-state index < -0.39 is 0 Å². The van der Waals surface area contributed by atoms with Crippen LogP contribution >= 0.6 is 15.9 Å². The molecule has 0 saturated heterocycles. The Bertz CT molecular complexity index is 992. The molecule has 3 aromatic rings. The lowest BCUT2D eigenvalue weighted by Gasteiger charge is -2.14. The van der Waals surface area contributed by atoms with Crippen LogP contribution in [0.5, 0.6) is 5.75 Å². The molecule has 0 spiro atoms. The molecule has 2 amide bonds. The first-order chi connectivity index (χ1) is 13.9. The van der Waals surface area contributed by atoms with Gasteiger partial charge in [-0.25, -0.2) is 0 Å². The first-order valence-electron chi connectivity index (χ1n) is 9.03. The minimum Gasteiger partial charge on any atom is -0.483 e. The molecule has 2 N–H and O–H groups in total. The highest BCUT2D eigenvalue weighted by Gasteiger charge is 2.14. The lowest BCUT2D eigenvalue weighted by molar-refractivity contribution is -0.118. The first kappa shape index (κ1) is 20.7. The van der Waals surface area contributed by atoms with Crippen molar-refractivity contribution in [2.45, 2.75) is 20.4 Å². The molecule has 29 heavy (non-hydrogen) atoms. The Balaban J connectivity index is 1.63. The number of furan rings is 1. The molecule has 0 bridgehead atoms. The van der Waals surface area contributed by atoms with Crippen LogP contribution in [0.3, 0.4) is 0 Å². The maximum atomic E-state index is 12.5. The molecule has 0 fully saturated rings. The third-order valence-corrected chi connectivity index (χ3v) is 4.68. The second kappa shape index (κ2) is 9.43. The Morgan fingerprint density at radius 3 is 2.48 bits per heavy atom. The van der Waals surface area contributed by atoms with Crippen LogP contribution in [0.1, 0.15) is 27.2 Å². The summed E-state index contributed by atoms with van der Waals surface area (Å²) in [6.07, 6.45) is 1.55. The molecule has 0 aliphatic rings. The second-order valence-electron chi connectivity index (χ2n) is 6.51. The number of carbonyl (C=O) groups excluding carboxylic acids is 2. The molecule has 1 aromatic heterocycles. The second-order valence-corrected chi connectivity index (χ2v) is 7.43. The van der Waals surface area contributed by atoms with Gasteiger partial charge in [-0.2, -0.15) is 0 Å². The van der Waals surface area contributed by atoms with Crippen molar-refractivity contribution < 1.29 is 18.7 Å². The Morgan fingerprint density at radius 1 is 1.07 bits per heavy atom. The molecule has 2 aromatic carbocycles. The summed E-state index contributed by atoms with van der Waals surface area (Å²) in [6, 6.07) is 14.2. The molecule has 0 aliphatic heterocycles. The number of carbonyl (C=O) groups is 2. The zero-order chi connectivity index (χ0) is 20.8. The number of anilines is 1. The third-order valence-electron chi connectivity index (χ3n) is 4.22. The van der Waals surface area contributed by atoms with E-state index in [1.807, 2.05) is 26.0 Å². The van der Waals surface area contributed by atoms with Crippen molar-refractivity contribution in [3.05, 3.63) is 81.7 Å². The number of benzene rings is 2. The van der Waals surface area contributed by atoms with Crippen molar-refractivity contribution >= 4 is 33.4 Å². The molecule has 6 nitrogen and oxygen atoms in total. The van der Waals surface area contributed by atoms with E-state index in [1.54, 1.807) is 42.7 Å². The summed E-state index contributed by atoms with van der Waals surface area (Å²) in [4.78, 5) is 24.9. The number of hydrogen-bond donors (Lipinski definition) is 2. The van der Waals surface area contributed by atoms with Crippen molar-refractivity contribution in [2.75, 3.05) is 11.9 Å². The predicted octanol–water partition coefficient (Wildman–Crippen LogP) is 4.61. The fourth-order valence-electron chi connectivity index (χ4n) is 2.92. The largest absolute Gasteiger partial charge is 0.483 e. The number of ether oxygens (including phenoxy) is 1. The molecule has 7 heteroatoms. The standard InChI is InChI=1S/C22H21BrN2O4/c1-14-10-16(23)11-15(2)21(14)29-13-20(26)25-19-8-4-3-7-18(19)22(27)24-12-17-6-5-9-28-17/h3-11H,12-13H2,1-2H3,(H,24,27)(H,25,26). The van der Waals surface area contributed by atoms with E-state index in [0.29, 0.717) is 22.8 Å². The van der Waals surface area contributed by atoms with Crippen LogP contribution in [0, 0.1) is 13.8 Å². The Morgan fingerprint density at radius 2 is 1.79 bits per heavy atom. The van der Waals surface area contributed by atoms with Gasteiger partial charge in [0.15, 0.2) is 6.61 Å². The zero-order valence-electron chi connectivity index (χ0n) is 16.1. The predicted molar refractivity (Wildman–Crippen MR) is 114 cm³/mol. The Labute approximate surface area is 177 Å². The molecule has 0 atom stereocenters. The maximum Gasteiger partial charge on any atom is 0.262 e. The van der Waals surface area contributed by atoms with Crippen LogP contribution in [0.2, 0.25) is 0 Å². The number of amides is 2. The highest BCUT2D eigenvalue weighted by molar-refractivity contribution is 9.10. The summed E-state index contributed by atoms with van der Waals surface area (Å²) in [5, 5.41) is 5.52. The van der Waals surface area contributed by atoms with Crippen molar-refractivity contribution in [3.63, 3.8) is 0 Å². The van der Waals surface area contributed by atoms with E-state index in [2.05, 4.69) is 26.6 Å². The van der Waals surface area contributed by atoms with Crippen molar-refractivity contribution in [1.82, 2.24) is 5.32 Å². The van der Waals surface area contributed by atoms with Crippen molar-refractivity contribution in [2.24, 2.45) is 0 Å². The average molecular weight is 457 g/mol. The van der Waals surface area contributed by atoms with Crippen LogP contribution in [0.4, 0.5) is 5.69 Å². The van der Waals surface area contributed by atoms with Crippen LogP contribution in [0.15, 0.2) is 63.7 Å². The van der Waals surface area contributed by atoms with E-state index in [1.165, 1.54) is 0 Å². The summed E-state index contributed by atoms with van der Waals surface area (Å²) in [6.45, 7) is 3.94. The van der Waals surface area contributed by atoms with E-state index in [-0.39, 0.29) is 25.0 Å². The molecule has 0 radical (unpaired) electrons. The van der Waals surface area contributed by atoms with Crippen LogP contribution in [-0.2, 0) is 11.3 Å². The van der Waals surface area contributed by atoms with E-state index in [4.69, 9.17) is 9.15 Å². The van der Waals surface area contributed by atoms with Gasteiger partial charge in [-0.05, 0) is 61.4 Å². The minimum absolute atomic E-state index is 0.161. The molecular weight excluding hydrogens is 436 g/mol. The average Bonchev–Trinajstić information content (AvgIpc) is 3.19. The quantitative estimate of drug-likeness (QED) is 0.543. The lowest BCUT2D eigenvalue weighted by atomic mass is 10.1. The van der Waals surface area contributed by atoms with E-state index in [0.717, 1.165) is 15.6 Å². The molecule has 0 saturated carbocycles. The van der Waals surface area contributed by atoms with Gasteiger partial charge in [0.2, 0.25) is 0 Å². The molecular formula is C22H21BrN2O4. The lowest BCUT2D eigenvalue weighted by Crippen LogP contribution is -2.26. The van der Waals surface area contributed by atoms with Gasteiger partial charge in [0.1, 0.15) is 11.5 Å². The smallest absolute Gasteiger partial charge is 0.262 e. The summed E-state index contributed by atoms with van der Waals surface area (Å²) in [7, 11) is 0. The summed E-state index contributed by atoms with van der Waals surface area (Å²) < 4.78 is 11.9. The fourth-order valence-corrected chi connectivity index (χ4v) is 3.60. The summed E-state index contributed by atoms with van der Waals surface area (Å²) >= 11 is 3.44. The fraction of sp³-hybridized carbons (Fsp3) is 0.182.